The Kier molecular flexibility index (Phi) is 4.89. The number of aliphatic hydroxyl groups excluding tert-OH is 1. The second kappa shape index (κ2) is 6.18. The van der Waals surface area contributed by atoms with Crippen molar-refractivity contribution in [1.82, 2.24) is 4.31 Å². The van der Waals surface area contributed by atoms with Crippen LogP contribution in [0.25, 0.3) is 0 Å². The maximum Gasteiger partial charge on any atom is 0.246 e. The first-order valence-electron chi connectivity index (χ1n) is 6.50. The smallest absolute Gasteiger partial charge is 0.246 e. The predicted molar refractivity (Wildman–Crippen MR) is 76.1 cm³/mol. The van der Waals surface area contributed by atoms with Gasteiger partial charge in [-0.3, -0.25) is 0 Å². The van der Waals surface area contributed by atoms with Gasteiger partial charge in [-0.2, -0.15) is 4.31 Å². The van der Waals surface area contributed by atoms with Crippen LogP contribution >= 0.6 is 11.6 Å². The minimum atomic E-state index is -4.03. The van der Waals surface area contributed by atoms with E-state index in [0.717, 1.165) is 6.07 Å². The Balaban J connectivity index is 2.47. The molecule has 0 amide bonds. The molecule has 0 spiro atoms. The largest absolute Gasteiger partial charge is 0.392 e. The molecule has 21 heavy (non-hydrogen) atoms. The number of rotatable bonds is 3. The molecule has 2 atom stereocenters. The third kappa shape index (κ3) is 3.37. The Morgan fingerprint density at radius 2 is 1.95 bits per heavy atom. The average Bonchev–Trinajstić information content (AvgIpc) is 2.39. The van der Waals surface area contributed by atoms with E-state index in [2.05, 4.69) is 0 Å². The SMILES string of the molecule is CC1CN(S(=O)(=O)c2cc(Cl)cc(CO)c2F)CC(C)O1. The molecule has 0 bridgehead atoms. The van der Waals surface area contributed by atoms with E-state index in [-0.39, 0.29) is 35.9 Å². The average molecular weight is 338 g/mol. The van der Waals surface area contributed by atoms with Crippen molar-refractivity contribution in [1.29, 1.82) is 0 Å². The highest BCUT2D eigenvalue weighted by Gasteiger charge is 2.34. The lowest BCUT2D eigenvalue weighted by Gasteiger charge is -2.34. The molecule has 8 heteroatoms. The molecular weight excluding hydrogens is 321 g/mol. The number of hydrogen-bond acceptors (Lipinski definition) is 4. The molecule has 1 saturated heterocycles. The van der Waals surface area contributed by atoms with Gasteiger partial charge in [0.2, 0.25) is 10.0 Å². The van der Waals surface area contributed by atoms with Gasteiger partial charge < -0.3 is 9.84 Å². The quantitative estimate of drug-likeness (QED) is 0.912. The monoisotopic (exact) mass is 337 g/mol. The maximum absolute atomic E-state index is 14.2. The van der Waals surface area contributed by atoms with Gasteiger partial charge in [0.1, 0.15) is 10.7 Å². The van der Waals surface area contributed by atoms with E-state index in [4.69, 9.17) is 21.4 Å². The summed E-state index contributed by atoms with van der Waals surface area (Å²) >= 11 is 5.82. The first-order valence-corrected chi connectivity index (χ1v) is 8.32. The van der Waals surface area contributed by atoms with Gasteiger partial charge in [0.25, 0.3) is 0 Å². The molecular formula is C13H17ClFNO4S. The summed E-state index contributed by atoms with van der Waals surface area (Å²) in [6, 6.07) is 2.27. The number of hydrogen-bond donors (Lipinski definition) is 1. The molecule has 0 aliphatic carbocycles. The maximum atomic E-state index is 14.2. The van der Waals surface area contributed by atoms with Gasteiger partial charge in [-0.25, -0.2) is 12.8 Å². The van der Waals surface area contributed by atoms with Gasteiger partial charge in [0.05, 0.1) is 18.8 Å². The summed E-state index contributed by atoms with van der Waals surface area (Å²) in [5.74, 6) is -0.964. The highest BCUT2D eigenvalue weighted by molar-refractivity contribution is 7.89. The van der Waals surface area contributed by atoms with Gasteiger partial charge in [-0.15, -0.1) is 0 Å². The van der Waals surface area contributed by atoms with Gasteiger partial charge in [0, 0.05) is 23.7 Å². The standard InChI is InChI=1S/C13H17ClFNO4S/c1-8-5-16(6-9(2)20-8)21(18,19)12-4-11(14)3-10(7-17)13(12)15/h3-4,8-9,17H,5-7H2,1-2H3. The van der Waals surface area contributed by atoms with Gasteiger partial charge in [-0.1, -0.05) is 11.6 Å². The van der Waals surface area contributed by atoms with Crippen molar-refractivity contribution in [2.45, 2.75) is 37.6 Å². The molecule has 0 saturated carbocycles. The summed E-state index contributed by atoms with van der Waals surface area (Å²) in [7, 11) is -4.03. The molecule has 1 heterocycles. The molecule has 1 fully saturated rings. The number of aliphatic hydroxyl groups is 1. The fourth-order valence-corrected chi connectivity index (χ4v) is 4.42. The van der Waals surface area contributed by atoms with Crippen LogP contribution in [-0.2, 0) is 21.4 Å². The summed E-state index contributed by atoms with van der Waals surface area (Å²) in [6.07, 6.45) is -0.550. The van der Waals surface area contributed by atoms with E-state index in [1.54, 1.807) is 13.8 Å². The Morgan fingerprint density at radius 1 is 1.38 bits per heavy atom. The Hall–Kier alpha value is -0.730. The Labute approximate surface area is 128 Å². The van der Waals surface area contributed by atoms with Crippen LogP contribution in [0.3, 0.4) is 0 Å². The zero-order valence-electron chi connectivity index (χ0n) is 11.7. The molecule has 5 nitrogen and oxygen atoms in total. The van der Waals surface area contributed by atoms with Crippen LogP contribution in [0, 0.1) is 5.82 Å². The molecule has 1 N–H and O–H groups in total. The van der Waals surface area contributed by atoms with Crippen LogP contribution in [-0.4, -0.2) is 43.1 Å². The van der Waals surface area contributed by atoms with Crippen LogP contribution in [0.2, 0.25) is 5.02 Å². The molecule has 118 valence electrons. The molecule has 2 rings (SSSR count). The normalized spacial score (nSPS) is 24.2. The number of halogens is 2. The van der Waals surface area contributed by atoms with Crippen LogP contribution in [0.15, 0.2) is 17.0 Å². The van der Waals surface area contributed by atoms with Crippen molar-refractivity contribution in [2.24, 2.45) is 0 Å². The van der Waals surface area contributed by atoms with E-state index >= 15 is 0 Å². The molecule has 2 unspecified atom stereocenters. The number of ether oxygens (including phenoxy) is 1. The van der Waals surface area contributed by atoms with E-state index in [1.165, 1.54) is 10.4 Å². The number of benzene rings is 1. The van der Waals surface area contributed by atoms with Crippen LogP contribution < -0.4 is 0 Å². The summed E-state index contributed by atoms with van der Waals surface area (Å²) < 4.78 is 46.1. The Morgan fingerprint density at radius 3 is 2.48 bits per heavy atom. The highest BCUT2D eigenvalue weighted by atomic mass is 35.5. The van der Waals surface area contributed by atoms with E-state index in [9.17, 15) is 12.8 Å². The Bertz CT molecular complexity index is 627. The second-order valence-corrected chi connectivity index (χ2v) is 7.46. The van der Waals surface area contributed by atoms with Crippen molar-refractivity contribution in [3.63, 3.8) is 0 Å². The summed E-state index contributed by atoms with van der Waals surface area (Å²) in [4.78, 5) is -0.514. The fourth-order valence-electron chi connectivity index (χ4n) is 2.39. The number of sulfonamides is 1. The van der Waals surface area contributed by atoms with Crippen LogP contribution in [0.4, 0.5) is 4.39 Å². The third-order valence-corrected chi connectivity index (χ3v) is 5.30. The van der Waals surface area contributed by atoms with Crippen molar-refractivity contribution < 1.29 is 22.7 Å². The van der Waals surface area contributed by atoms with Crippen molar-refractivity contribution in [2.75, 3.05) is 13.1 Å². The van der Waals surface area contributed by atoms with Gasteiger partial charge in [0.15, 0.2) is 0 Å². The minimum Gasteiger partial charge on any atom is -0.392 e. The molecule has 1 aliphatic rings. The van der Waals surface area contributed by atoms with Crippen LogP contribution in [0.1, 0.15) is 19.4 Å². The lowest BCUT2D eigenvalue weighted by atomic mass is 10.2. The molecule has 1 aromatic carbocycles. The lowest BCUT2D eigenvalue weighted by Crippen LogP contribution is -2.48. The number of nitrogens with zero attached hydrogens (tertiary/aromatic N) is 1. The van der Waals surface area contributed by atoms with Crippen LogP contribution in [0.5, 0.6) is 0 Å². The first kappa shape index (κ1) is 16.6. The molecule has 0 radical (unpaired) electrons. The van der Waals surface area contributed by atoms with E-state index < -0.39 is 27.3 Å². The zero-order valence-corrected chi connectivity index (χ0v) is 13.3. The van der Waals surface area contributed by atoms with E-state index in [0.29, 0.717) is 0 Å². The summed E-state index contributed by atoms with van der Waals surface area (Å²) in [6.45, 7) is 3.18. The number of morpholine rings is 1. The third-order valence-electron chi connectivity index (χ3n) is 3.25. The second-order valence-electron chi connectivity index (χ2n) is 5.11. The highest BCUT2D eigenvalue weighted by Crippen LogP contribution is 2.28. The molecule has 0 aromatic heterocycles. The van der Waals surface area contributed by atoms with Crippen molar-refractivity contribution in [3.8, 4) is 0 Å². The minimum absolute atomic E-state index is 0.0633. The van der Waals surface area contributed by atoms with Crippen molar-refractivity contribution >= 4 is 21.6 Å². The molecule has 1 aliphatic heterocycles. The van der Waals surface area contributed by atoms with Gasteiger partial charge >= 0.3 is 0 Å². The summed E-state index contributed by atoms with van der Waals surface area (Å²) in [5, 5.41) is 9.16. The molecule has 1 aromatic rings. The summed E-state index contributed by atoms with van der Waals surface area (Å²) in [5.41, 5.74) is -0.143. The zero-order chi connectivity index (χ0) is 15.8. The van der Waals surface area contributed by atoms with Gasteiger partial charge in [-0.05, 0) is 26.0 Å². The fraction of sp³-hybridized carbons (Fsp3) is 0.538. The topological polar surface area (TPSA) is 66.8 Å². The predicted octanol–water partition coefficient (Wildman–Crippen LogP) is 1.77. The van der Waals surface area contributed by atoms with E-state index in [1.807, 2.05) is 0 Å². The first-order chi connectivity index (χ1) is 9.75. The van der Waals surface area contributed by atoms with Crippen molar-refractivity contribution in [3.05, 3.63) is 28.5 Å². The lowest BCUT2D eigenvalue weighted by molar-refractivity contribution is -0.0441.